The molecule has 6 heteroatoms. The van der Waals surface area contributed by atoms with Gasteiger partial charge in [-0.3, -0.25) is 10.3 Å². The van der Waals surface area contributed by atoms with Crippen molar-refractivity contribution in [3.63, 3.8) is 0 Å². The molecule has 0 aliphatic rings. The topological polar surface area (TPSA) is 80.0 Å². The maximum absolute atomic E-state index is 11.8. The number of aryl methyl sites for hydroxylation is 1. The van der Waals surface area contributed by atoms with Crippen molar-refractivity contribution in [2.24, 2.45) is 0 Å². The third-order valence-electron chi connectivity index (χ3n) is 2.66. The number of amides is 2. The molecule has 2 aromatic heterocycles. The predicted molar refractivity (Wildman–Crippen MR) is 76.8 cm³/mol. The molecule has 2 heterocycles. The first-order chi connectivity index (χ1) is 9.34. The van der Waals surface area contributed by atoms with Gasteiger partial charge in [0.1, 0.15) is 5.76 Å². The van der Waals surface area contributed by atoms with Crippen LogP contribution in [0.1, 0.15) is 32.2 Å². The molecule has 0 aliphatic heterocycles. The van der Waals surface area contributed by atoms with Gasteiger partial charge in [0, 0.05) is 17.2 Å². The number of rotatable bonds is 2. The fourth-order valence-electron chi connectivity index (χ4n) is 1.51. The minimum Gasteiger partial charge on any atom is -0.359 e. The minimum absolute atomic E-state index is 0.149. The Kier molecular flexibility index (Phi) is 3.74. The van der Waals surface area contributed by atoms with Gasteiger partial charge in [0.25, 0.3) is 0 Å². The summed E-state index contributed by atoms with van der Waals surface area (Å²) < 4.78 is 5.19. The highest BCUT2D eigenvalue weighted by atomic mass is 16.5. The second-order valence-electron chi connectivity index (χ2n) is 5.59. The number of carbonyl (C=O) groups excluding carboxylic acids is 1. The van der Waals surface area contributed by atoms with E-state index in [2.05, 4.69) is 20.8 Å². The SMILES string of the molecule is Cc1ccc(NC(=O)Nc2cc(C(C)(C)C)on2)cn1. The summed E-state index contributed by atoms with van der Waals surface area (Å²) >= 11 is 0. The molecule has 2 rings (SSSR count). The molecule has 20 heavy (non-hydrogen) atoms. The van der Waals surface area contributed by atoms with Gasteiger partial charge in [0.2, 0.25) is 0 Å². The third kappa shape index (κ3) is 3.57. The summed E-state index contributed by atoms with van der Waals surface area (Å²) in [7, 11) is 0. The van der Waals surface area contributed by atoms with Crippen LogP contribution in [0.25, 0.3) is 0 Å². The molecule has 6 nitrogen and oxygen atoms in total. The highest BCUT2D eigenvalue weighted by Crippen LogP contribution is 2.24. The highest BCUT2D eigenvalue weighted by molar-refractivity contribution is 5.98. The maximum atomic E-state index is 11.8. The van der Waals surface area contributed by atoms with E-state index in [1.165, 1.54) is 0 Å². The van der Waals surface area contributed by atoms with Crippen LogP contribution in [0, 0.1) is 6.92 Å². The van der Waals surface area contributed by atoms with Crippen molar-refractivity contribution in [1.29, 1.82) is 0 Å². The summed E-state index contributed by atoms with van der Waals surface area (Å²) in [4.78, 5) is 15.9. The van der Waals surface area contributed by atoms with Crippen LogP contribution in [0.15, 0.2) is 28.9 Å². The lowest BCUT2D eigenvalue weighted by Crippen LogP contribution is -2.19. The molecule has 0 saturated carbocycles. The van der Waals surface area contributed by atoms with Gasteiger partial charge in [-0.05, 0) is 19.1 Å². The second-order valence-corrected chi connectivity index (χ2v) is 5.59. The van der Waals surface area contributed by atoms with Gasteiger partial charge >= 0.3 is 6.03 Å². The van der Waals surface area contributed by atoms with Crippen LogP contribution in [-0.2, 0) is 5.41 Å². The third-order valence-corrected chi connectivity index (χ3v) is 2.66. The number of urea groups is 1. The van der Waals surface area contributed by atoms with Gasteiger partial charge in [0.15, 0.2) is 5.82 Å². The van der Waals surface area contributed by atoms with Crippen molar-refractivity contribution < 1.29 is 9.32 Å². The van der Waals surface area contributed by atoms with Crippen LogP contribution in [-0.4, -0.2) is 16.2 Å². The molecule has 0 radical (unpaired) electrons. The lowest BCUT2D eigenvalue weighted by atomic mass is 9.93. The molecule has 0 atom stereocenters. The molecular formula is C14H18N4O2. The van der Waals surface area contributed by atoms with Crippen molar-refractivity contribution >= 4 is 17.5 Å². The number of hydrogen-bond acceptors (Lipinski definition) is 4. The van der Waals surface area contributed by atoms with Crippen molar-refractivity contribution in [3.8, 4) is 0 Å². The first kappa shape index (κ1) is 14.0. The van der Waals surface area contributed by atoms with Crippen LogP contribution in [0.3, 0.4) is 0 Å². The van der Waals surface area contributed by atoms with Gasteiger partial charge in [-0.25, -0.2) is 4.79 Å². The summed E-state index contributed by atoms with van der Waals surface area (Å²) in [5, 5.41) is 9.10. The van der Waals surface area contributed by atoms with Crippen LogP contribution < -0.4 is 10.6 Å². The van der Waals surface area contributed by atoms with Crippen molar-refractivity contribution in [2.45, 2.75) is 33.1 Å². The first-order valence-corrected chi connectivity index (χ1v) is 6.32. The number of carbonyl (C=O) groups is 1. The molecule has 0 unspecified atom stereocenters. The van der Waals surface area contributed by atoms with E-state index in [9.17, 15) is 4.79 Å². The second kappa shape index (κ2) is 5.32. The number of nitrogens with one attached hydrogen (secondary N) is 2. The van der Waals surface area contributed by atoms with E-state index >= 15 is 0 Å². The summed E-state index contributed by atoms with van der Waals surface area (Å²) in [6.45, 7) is 7.91. The summed E-state index contributed by atoms with van der Waals surface area (Å²) in [5.74, 6) is 1.09. The quantitative estimate of drug-likeness (QED) is 0.880. The zero-order chi connectivity index (χ0) is 14.8. The smallest absolute Gasteiger partial charge is 0.324 e. The Morgan fingerprint density at radius 1 is 1.25 bits per heavy atom. The van der Waals surface area contributed by atoms with Crippen LogP contribution in [0.4, 0.5) is 16.3 Å². The molecule has 0 fully saturated rings. The van der Waals surface area contributed by atoms with E-state index < -0.39 is 0 Å². The minimum atomic E-state index is -0.385. The zero-order valence-corrected chi connectivity index (χ0v) is 12.0. The fourth-order valence-corrected chi connectivity index (χ4v) is 1.51. The van der Waals surface area contributed by atoms with Crippen LogP contribution in [0.5, 0.6) is 0 Å². The van der Waals surface area contributed by atoms with Crippen molar-refractivity contribution in [1.82, 2.24) is 10.1 Å². The number of aromatic nitrogens is 2. The van der Waals surface area contributed by atoms with E-state index in [1.807, 2.05) is 33.8 Å². The molecule has 0 aliphatic carbocycles. The van der Waals surface area contributed by atoms with E-state index in [0.29, 0.717) is 17.3 Å². The Morgan fingerprint density at radius 2 is 2.00 bits per heavy atom. The lowest BCUT2D eigenvalue weighted by Gasteiger charge is -2.12. The van der Waals surface area contributed by atoms with Gasteiger partial charge in [-0.15, -0.1) is 0 Å². The monoisotopic (exact) mass is 274 g/mol. The normalized spacial score (nSPS) is 11.2. The maximum Gasteiger partial charge on any atom is 0.324 e. The Bertz CT molecular complexity index is 596. The van der Waals surface area contributed by atoms with Crippen LogP contribution >= 0.6 is 0 Å². The molecule has 2 aromatic rings. The largest absolute Gasteiger partial charge is 0.359 e. The molecule has 0 aromatic carbocycles. The van der Waals surface area contributed by atoms with Crippen molar-refractivity contribution in [3.05, 3.63) is 35.9 Å². The molecule has 2 amide bonds. The Balaban J connectivity index is 1.98. The number of pyridine rings is 1. The fraction of sp³-hybridized carbons (Fsp3) is 0.357. The lowest BCUT2D eigenvalue weighted by molar-refractivity contribution is 0.262. The summed E-state index contributed by atoms with van der Waals surface area (Å²) in [6, 6.07) is 4.94. The molecular weight excluding hydrogens is 256 g/mol. The average Bonchev–Trinajstić information content (AvgIpc) is 2.80. The standard InChI is InChI=1S/C14H18N4O2/c1-9-5-6-10(8-15-9)16-13(19)17-12-7-11(20-18-12)14(2,3)4/h5-8H,1-4H3,(H2,16,17,18,19). The van der Waals surface area contributed by atoms with E-state index in [-0.39, 0.29) is 11.4 Å². The van der Waals surface area contributed by atoms with Crippen LogP contribution in [0.2, 0.25) is 0 Å². The number of hydrogen-bond donors (Lipinski definition) is 2. The first-order valence-electron chi connectivity index (χ1n) is 6.32. The molecule has 0 spiro atoms. The number of anilines is 2. The highest BCUT2D eigenvalue weighted by Gasteiger charge is 2.20. The molecule has 0 bridgehead atoms. The van der Waals surface area contributed by atoms with E-state index in [1.54, 1.807) is 18.3 Å². The predicted octanol–water partition coefficient (Wildman–Crippen LogP) is 3.32. The summed E-state index contributed by atoms with van der Waals surface area (Å²) in [5.41, 5.74) is 1.36. The average molecular weight is 274 g/mol. The summed E-state index contributed by atoms with van der Waals surface area (Å²) in [6.07, 6.45) is 1.60. The Morgan fingerprint density at radius 3 is 2.55 bits per heavy atom. The Labute approximate surface area is 117 Å². The van der Waals surface area contributed by atoms with Crippen molar-refractivity contribution in [2.75, 3.05) is 10.6 Å². The number of nitrogens with zero attached hydrogens (tertiary/aromatic N) is 2. The van der Waals surface area contributed by atoms with Gasteiger partial charge in [0.05, 0.1) is 11.9 Å². The molecule has 2 N–H and O–H groups in total. The van der Waals surface area contributed by atoms with Gasteiger partial charge in [-0.1, -0.05) is 25.9 Å². The van der Waals surface area contributed by atoms with E-state index in [0.717, 1.165) is 5.69 Å². The van der Waals surface area contributed by atoms with Gasteiger partial charge in [-0.2, -0.15) is 0 Å². The van der Waals surface area contributed by atoms with E-state index in [4.69, 9.17) is 4.52 Å². The molecule has 0 saturated heterocycles. The Hall–Kier alpha value is -2.37. The zero-order valence-electron chi connectivity index (χ0n) is 12.0. The van der Waals surface area contributed by atoms with Gasteiger partial charge < -0.3 is 9.84 Å². The molecule has 106 valence electrons.